The Morgan fingerprint density at radius 2 is 1.44 bits per heavy atom. The summed E-state index contributed by atoms with van der Waals surface area (Å²) in [7, 11) is 0. The molecule has 0 aliphatic heterocycles. The van der Waals surface area contributed by atoms with Crippen LogP contribution in [0.5, 0.6) is 17.2 Å². The van der Waals surface area contributed by atoms with Gasteiger partial charge in [0.2, 0.25) is 5.91 Å². The minimum Gasteiger partial charge on any atom is -0.507 e. The molecule has 4 aromatic carbocycles. The lowest BCUT2D eigenvalue weighted by molar-refractivity contribution is -0.483. The minimum atomic E-state index is -1.26. The van der Waals surface area contributed by atoms with Gasteiger partial charge in [0.1, 0.15) is 22.8 Å². The molecule has 1 fully saturated rings. The summed E-state index contributed by atoms with van der Waals surface area (Å²) in [4.78, 5) is 29.9. The number of aromatic hydroxyl groups is 1. The van der Waals surface area contributed by atoms with Crippen molar-refractivity contribution in [3.8, 4) is 17.2 Å². The van der Waals surface area contributed by atoms with E-state index in [1.54, 1.807) is 23.1 Å². The first-order valence-corrected chi connectivity index (χ1v) is 14.5. The van der Waals surface area contributed by atoms with Crippen molar-refractivity contribution in [3.05, 3.63) is 119 Å². The molecule has 0 saturated heterocycles. The zero-order valence-corrected chi connectivity index (χ0v) is 23.8. The number of carbonyl (C=O) groups excluding carboxylic acids is 1. The number of carboxylic acids is 1. The number of amides is 1. The number of hydrogen-bond donors (Lipinski definition) is 4. The summed E-state index contributed by atoms with van der Waals surface area (Å²) in [6.45, 7) is 0.640. The maximum Gasteiger partial charge on any atom is 0.366 e. The largest absolute Gasteiger partial charge is 0.507 e. The number of rotatable bonds is 10. The van der Waals surface area contributed by atoms with E-state index < -0.39 is 5.97 Å². The number of carbonyl (C=O) groups is 2. The highest BCUT2D eigenvalue weighted by Crippen LogP contribution is 2.31. The lowest BCUT2D eigenvalue weighted by atomic mass is 9.88. The van der Waals surface area contributed by atoms with Gasteiger partial charge in [-0.3, -0.25) is 4.79 Å². The molecule has 1 aliphatic carbocycles. The number of carboxylic acid groups (broad SMARTS) is 1. The standard InChI is InChI=1S/C35H34N2O6/c38-32-20-17-28(21-31(32)35(41)42)37(34(40)27-7-3-1-4-8-27)23-25-11-15-26(16-12-25)33(39)36-22-24-13-18-30(19-14-24)43-29-9-5-2-6-10-29/h2,5-6,9-21,27,38H,1,3-4,7-8,22-23H2,(H,36,39)(H,41,42)/p+1. The Hall–Kier alpha value is -5.11. The van der Waals surface area contributed by atoms with Crippen LogP contribution in [0.3, 0.4) is 0 Å². The predicted octanol–water partition coefficient (Wildman–Crippen LogP) is 5.58. The molecular weight excluding hydrogens is 544 g/mol. The highest BCUT2D eigenvalue weighted by Gasteiger charge is 2.28. The van der Waals surface area contributed by atoms with Crippen LogP contribution in [-0.2, 0) is 17.9 Å². The van der Waals surface area contributed by atoms with E-state index in [0.717, 1.165) is 54.7 Å². The molecule has 1 aliphatic rings. The van der Waals surface area contributed by atoms with Gasteiger partial charge < -0.3 is 25.0 Å². The van der Waals surface area contributed by atoms with E-state index >= 15 is 0 Å². The van der Waals surface area contributed by atoms with Crippen molar-refractivity contribution < 1.29 is 34.6 Å². The maximum atomic E-state index is 13.6. The summed E-state index contributed by atoms with van der Waals surface area (Å²) in [5, 5.41) is 30.2. The zero-order valence-electron chi connectivity index (χ0n) is 23.8. The SMILES string of the molecule is O=C(O)c1cc(N(Cc2ccc(C(O)=[NH+]Cc3ccc(Oc4ccccc4)cc3)cc2)C(=O)C2CCCCC2)ccc1O. The van der Waals surface area contributed by atoms with Crippen molar-refractivity contribution in [1.82, 2.24) is 0 Å². The van der Waals surface area contributed by atoms with Gasteiger partial charge in [0.25, 0.3) is 0 Å². The van der Waals surface area contributed by atoms with Crippen LogP contribution in [0.15, 0.2) is 97.1 Å². The van der Waals surface area contributed by atoms with Gasteiger partial charge in [-0.25, -0.2) is 9.79 Å². The zero-order chi connectivity index (χ0) is 30.2. The van der Waals surface area contributed by atoms with Crippen molar-refractivity contribution in [3.63, 3.8) is 0 Å². The van der Waals surface area contributed by atoms with E-state index in [1.165, 1.54) is 12.1 Å². The van der Waals surface area contributed by atoms with Crippen LogP contribution in [0.1, 0.15) is 59.2 Å². The Labute approximate surface area is 250 Å². The Morgan fingerprint density at radius 3 is 2.12 bits per heavy atom. The number of nitrogens with zero attached hydrogens (tertiary/aromatic N) is 1. The molecule has 0 atom stereocenters. The molecule has 4 N–H and O–H groups in total. The number of phenols is 1. The molecule has 1 amide bonds. The smallest absolute Gasteiger partial charge is 0.366 e. The number of aliphatic hydroxyl groups excluding tert-OH is 1. The first-order chi connectivity index (χ1) is 20.9. The van der Waals surface area contributed by atoms with E-state index in [0.29, 0.717) is 17.8 Å². The Balaban J connectivity index is 1.27. The van der Waals surface area contributed by atoms with E-state index in [1.807, 2.05) is 66.7 Å². The van der Waals surface area contributed by atoms with Crippen molar-refractivity contribution in [2.45, 2.75) is 45.2 Å². The van der Waals surface area contributed by atoms with Crippen LogP contribution >= 0.6 is 0 Å². The number of nitrogens with one attached hydrogen (secondary N) is 1. The molecule has 1 saturated carbocycles. The maximum absolute atomic E-state index is 13.6. The third-order valence-electron chi connectivity index (χ3n) is 7.67. The summed E-state index contributed by atoms with van der Waals surface area (Å²) in [6.07, 6.45) is 4.69. The van der Waals surface area contributed by atoms with Crippen molar-refractivity contribution in [2.75, 3.05) is 4.90 Å². The fraction of sp³-hybridized carbons (Fsp3) is 0.229. The van der Waals surface area contributed by atoms with Crippen molar-refractivity contribution >= 4 is 23.5 Å². The molecular formula is C35H35N2O6+. The second kappa shape index (κ2) is 13.7. The number of para-hydroxylation sites is 1. The van der Waals surface area contributed by atoms with Gasteiger partial charge in [-0.05, 0) is 85.1 Å². The number of anilines is 1. The van der Waals surface area contributed by atoms with Crippen LogP contribution in [-0.4, -0.2) is 33.1 Å². The fourth-order valence-electron chi connectivity index (χ4n) is 5.27. The molecule has 0 aromatic heterocycles. The number of ether oxygens (including phenoxy) is 1. The molecule has 8 nitrogen and oxygen atoms in total. The third-order valence-corrected chi connectivity index (χ3v) is 7.67. The summed E-state index contributed by atoms with van der Waals surface area (Å²) >= 11 is 0. The van der Waals surface area contributed by atoms with E-state index in [2.05, 4.69) is 4.99 Å². The molecule has 220 valence electrons. The number of aliphatic hydroxyl groups is 1. The number of benzene rings is 4. The summed E-state index contributed by atoms with van der Waals surface area (Å²) < 4.78 is 5.83. The molecule has 0 radical (unpaired) electrons. The second-order valence-electron chi connectivity index (χ2n) is 10.7. The lowest BCUT2D eigenvalue weighted by Crippen LogP contribution is -2.71. The van der Waals surface area contributed by atoms with Gasteiger partial charge in [-0.1, -0.05) is 49.6 Å². The molecule has 0 heterocycles. The van der Waals surface area contributed by atoms with Gasteiger partial charge in [0.05, 0.1) is 12.1 Å². The summed E-state index contributed by atoms with van der Waals surface area (Å²) in [6, 6.07) is 28.6. The molecule has 0 unspecified atom stereocenters. The van der Waals surface area contributed by atoms with Crippen molar-refractivity contribution in [2.24, 2.45) is 5.92 Å². The molecule has 43 heavy (non-hydrogen) atoms. The first kappa shape index (κ1) is 29.4. The summed E-state index contributed by atoms with van der Waals surface area (Å²) in [5.41, 5.74) is 2.55. The number of hydrogen-bond acceptors (Lipinski definition) is 4. The van der Waals surface area contributed by atoms with Crippen LogP contribution in [0.25, 0.3) is 0 Å². The molecule has 8 heteroatoms. The minimum absolute atomic E-state index is 0.0240. The Kier molecular flexibility index (Phi) is 9.36. The topological polar surface area (TPSA) is 121 Å². The number of aromatic carboxylic acids is 1. The Morgan fingerprint density at radius 1 is 0.791 bits per heavy atom. The second-order valence-corrected chi connectivity index (χ2v) is 10.7. The van der Waals surface area contributed by atoms with Crippen LogP contribution in [0, 0.1) is 5.92 Å². The van der Waals surface area contributed by atoms with E-state index in [9.17, 15) is 24.9 Å². The van der Waals surface area contributed by atoms with Crippen molar-refractivity contribution in [1.29, 1.82) is 0 Å². The predicted molar refractivity (Wildman–Crippen MR) is 164 cm³/mol. The average molecular weight is 580 g/mol. The quantitative estimate of drug-likeness (QED) is 0.144. The van der Waals surface area contributed by atoms with Gasteiger partial charge in [-0.2, -0.15) is 0 Å². The average Bonchev–Trinajstić information content (AvgIpc) is 3.04. The molecule has 5 rings (SSSR count). The highest BCUT2D eigenvalue weighted by molar-refractivity contribution is 5.98. The Bertz CT molecular complexity index is 1580. The van der Waals surface area contributed by atoms with E-state index in [4.69, 9.17) is 4.74 Å². The molecule has 4 aromatic rings. The van der Waals surface area contributed by atoms with Gasteiger partial charge in [0, 0.05) is 17.2 Å². The van der Waals surface area contributed by atoms with Crippen LogP contribution in [0.4, 0.5) is 5.69 Å². The summed E-state index contributed by atoms with van der Waals surface area (Å²) in [5.74, 6) is -0.281. The van der Waals surface area contributed by atoms with Gasteiger partial charge >= 0.3 is 11.9 Å². The fourth-order valence-corrected chi connectivity index (χ4v) is 5.27. The highest BCUT2D eigenvalue weighted by atomic mass is 16.5. The molecule has 0 spiro atoms. The monoisotopic (exact) mass is 579 g/mol. The van der Waals surface area contributed by atoms with Crippen LogP contribution in [0.2, 0.25) is 0 Å². The van der Waals surface area contributed by atoms with Gasteiger partial charge in [0.15, 0.2) is 6.54 Å². The first-order valence-electron chi connectivity index (χ1n) is 14.5. The normalized spacial score (nSPS) is 13.8. The van der Waals surface area contributed by atoms with Crippen LogP contribution < -0.4 is 14.6 Å². The van der Waals surface area contributed by atoms with Gasteiger partial charge in [-0.15, -0.1) is 0 Å². The lowest BCUT2D eigenvalue weighted by Gasteiger charge is -2.30. The third kappa shape index (κ3) is 7.60. The van der Waals surface area contributed by atoms with E-state index in [-0.39, 0.29) is 35.6 Å². The molecule has 0 bridgehead atoms.